The average molecular weight is 595 g/mol. The van der Waals surface area contributed by atoms with E-state index < -0.39 is 9.84 Å². The predicted molar refractivity (Wildman–Crippen MR) is 152 cm³/mol. The summed E-state index contributed by atoms with van der Waals surface area (Å²) in [5.41, 5.74) is 5.38. The molecule has 10 heteroatoms. The molecule has 4 aromatic rings. The lowest BCUT2D eigenvalue weighted by molar-refractivity contribution is 0.102. The van der Waals surface area contributed by atoms with Crippen molar-refractivity contribution in [3.05, 3.63) is 99.3 Å². The highest BCUT2D eigenvalue weighted by atomic mass is 79.9. The Morgan fingerprint density at radius 1 is 1.03 bits per heavy atom. The van der Waals surface area contributed by atoms with E-state index in [0.717, 1.165) is 27.0 Å². The van der Waals surface area contributed by atoms with E-state index in [1.54, 1.807) is 6.07 Å². The van der Waals surface area contributed by atoms with Gasteiger partial charge in [0.15, 0.2) is 15.7 Å². The first-order valence-corrected chi connectivity index (χ1v) is 15.0. The fourth-order valence-electron chi connectivity index (χ4n) is 4.40. The predicted octanol–water partition coefficient (Wildman–Crippen LogP) is 4.62. The Hall–Kier alpha value is -3.34. The second-order valence-electron chi connectivity index (χ2n) is 9.53. The van der Waals surface area contributed by atoms with E-state index in [1.165, 1.54) is 5.56 Å². The molecule has 0 aliphatic carbocycles. The van der Waals surface area contributed by atoms with E-state index in [2.05, 4.69) is 60.4 Å². The van der Waals surface area contributed by atoms with Crippen LogP contribution in [0.3, 0.4) is 0 Å². The number of aryl methyl sites for hydroxylation is 1. The fraction of sp³-hybridized carbons (Fsp3) is 0.250. The van der Waals surface area contributed by atoms with Crippen LogP contribution in [0, 0.1) is 6.92 Å². The molecule has 0 spiro atoms. The summed E-state index contributed by atoms with van der Waals surface area (Å²) in [7, 11) is -2.92. The van der Waals surface area contributed by atoms with Crippen LogP contribution in [-0.4, -0.2) is 59.0 Å². The smallest absolute Gasteiger partial charge is 0.255 e. The van der Waals surface area contributed by atoms with E-state index in [1.807, 2.05) is 48.5 Å². The summed E-state index contributed by atoms with van der Waals surface area (Å²) in [6.07, 6.45) is 0.658. The Kier molecular flexibility index (Phi) is 7.73. The number of hydrogen-bond donors (Lipinski definition) is 2. The SMILES string of the molecule is Cc1cc(Cc2nc(-c3ccc(NC(=O)c4cccc(CN5CCS(=O)(=O)CC5)c4)cc3)n[nH]2)ccc1Br. The molecule has 1 aliphatic heterocycles. The minimum Gasteiger partial charge on any atom is -0.322 e. The molecule has 1 amide bonds. The van der Waals surface area contributed by atoms with Gasteiger partial charge in [-0.15, -0.1) is 0 Å². The van der Waals surface area contributed by atoms with Crippen LogP contribution in [0.25, 0.3) is 11.4 Å². The van der Waals surface area contributed by atoms with Crippen molar-refractivity contribution in [2.75, 3.05) is 29.9 Å². The third kappa shape index (κ3) is 6.56. The number of aromatic nitrogens is 3. The summed E-state index contributed by atoms with van der Waals surface area (Å²) in [6.45, 7) is 3.70. The molecule has 0 radical (unpaired) electrons. The van der Waals surface area contributed by atoms with Crippen LogP contribution in [0.4, 0.5) is 5.69 Å². The second-order valence-corrected chi connectivity index (χ2v) is 12.7. The van der Waals surface area contributed by atoms with Crippen molar-refractivity contribution >= 4 is 37.4 Å². The Morgan fingerprint density at radius 3 is 2.53 bits per heavy atom. The number of nitrogens with zero attached hydrogens (tertiary/aromatic N) is 3. The molecule has 0 bridgehead atoms. The largest absolute Gasteiger partial charge is 0.322 e. The van der Waals surface area contributed by atoms with Crippen molar-refractivity contribution in [2.45, 2.75) is 19.9 Å². The van der Waals surface area contributed by atoms with Gasteiger partial charge in [0.05, 0.1) is 11.5 Å². The van der Waals surface area contributed by atoms with Crippen LogP contribution in [-0.2, 0) is 22.8 Å². The molecular weight excluding hydrogens is 566 g/mol. The molecule has 2 N–H and O–H groups in total. The van der Waals surface area contributed by atoms with Crippen LogP contribution >= 0.6 is 15.9 Å². The number of hydrogen-bond acceptors (Lipinski definition) is 6. The van der Waals surface area contributed by atoms with Crippen LogP contribution < -0.4 is 5.32 Å². The first-order valence-electron chi connectivity index (χ1n) is 12.3. The molecule has 1 aliphatic rings. The zero-order valence-corrected chi connectivity index (χ0v) is 23.3. The second kappa shape index (κ2) is 11.2. The number of carbonyl (C=O) groups excluding carboxylic acids is 1. The Labute approximate surface area is 230 Å². The lowest BCUT2D eigenvalue weighted by Crippen LogP contribution is -2.39. The van der Waals surface area contributed by atoms with Crippen molar-refractivity contribution in [1.29, 1.82) is 0 Å². The molecule has 3 aromatic carbocycles. The molecule has 1 aromatic heterocycles. The Morgan fingerprint density at radius 2 is 1.79 bits per heavy atom. The third-order valence-corrected chi connectivity index (χ3v) is 9.06. The molecule has 38 heavy (non-hydrogen) atoms. The first kappa shape index (κ1) is 26.3. The van der Waals surface area contributed by atoms with Crippen molar-refractivity contribution < 1.29 is 13.2 Å². The summed E-state index contributed by atoms with van der Waals surface area (Å²) in [4.78, 5) is 19.6. The topological polar surface area (TPSA) is 108 Å². The normalized spacial score (nSPS) is 15.3. The van der Waals surface area contributed by atoms with Gasteiger partial charge in [-0.2, -0.15) is 5.10 Å². The number of amides is 1. The monoisotopic (exact) mass is 593 g/mol. The molecule has 8 nitrogen and oxygen atoms in total. The third-order valence-electron chi connectivity index (χ3n) is 6.56. The van der Waals surface area contributed by atoms with E-state index in [9.17, 15) is 13.2 Å². The number of sulfone groups is 1. The molecule has 0 unspecified atom stereocenters. The van der Waals surface area contributed by atoms with Gasteiger partial charge in [0.25, 0.3) is 5.91 Å². The van der Waals surface area contributed by atoms with Crippen molar-refractivity contribution in [3.63, 3.8) is 0 Å². The van der Waals surface area contributed by atoms with Crippen LogP contribution in [0.2, 0.25) is 0 Å². The summed E-state index contributed by atoms with van der Waals surface area (Å²) in [5.74, 6) is 1.55. The molecule has 196 valence electrons. The zero-order valence-electron chi connectivity index (χ0n) is 20.9. The molecule has 1 fully saturated rings. The number of rotatable bonds is 7. The van der Waals surface area contributed by atoms with Crippen molar-refractivity contribution in [1.82, 2.24) is 20.1 Å². The van der Waals surface area contributed by atoms with E-state index >= 15 is 0 Å². The highest BCUT2D eigenvalue weighted by Crippen LogP contribution is 2.21. The number of benzene rings is 3. The minimum atomic E-state index is -2.92. The van der Waals surface area contributed by atoms with Gasteiger partial charge in [-0.25, -0.2) is 13.4 Å². The van der Waals surface area contributed by atoms with Gasteiger partial charge in [-0.3, -0.25) is 14.8 Å². The van der Waals surface area contributed by atoms with E-state index in [-0.39, 0.29) is 17.4 Å². The molecule has 0 saturated carbocycles. The number of H-pyrrole nitrogens is 1. The highest BCUT2D eigenvalue weighted by molar-refractivity contribution is 9.10. The zero-order chi connectivity index (χ0) is 26.7. The maximum absolute atomic E-state index is 12.9. The lowest BCUT2D eigenvalue weighted by atomic mass is 10.1. The maximum Gasteiger partial charge on any atom is 0.255 e. The quantitative estimate of drug-likeness (QED) is 0.324. The maximum atomic E-state index is 12.9. The van der Waals surface area contributed by atoms with Crippen LogP contribution in [0.15, 0.2) is 71.2 Å². The summed E-state index contributed by atoms with van der Waals surface area (Å²) in [5, 5.41) is 10.3. The molecule has 1 saturated heterocycles. The van der Waals surface area contributed by atoms with Gasteiger partial charge >= 0.3 is 0 Å². The first-order chi connectivity index (χ1) is 18.2. The van der Waals surface area contributed by atoms with Crippen LogP contribution in [0.1, 0.15) is 32.9 Å². The Bertz CT molecular complexity index is 1550. The molecular formula is C28H28BrN5O3S. The standard InChI is InChI=1S/C28H28BrN5O3S/c1-19-15-20(5-10-25(19)29)17-26-31-27(33-32-26)22-6-8-24(9-7-22)30-28(35)23-4-2-3-21(16-23)18-34-11-13-38(36,37)14-12-34/h2-10,15-16H,11-14,17-18H2,1H3,(H,30,35)(H,31,32,33). The fourth-order valence-corrected chi connectivity index (χ4v) is 5.92. The number of aromatic amines is 1. The minimum absolute atomic E-state index is 0.184. The number of halogens is 1. The van der Waals surface area contributed by atoms with Gasteiger partial charge in [0.1, 0.15) is 5.82 Å². The summed E-state index contributed by atoms with van der Waals surface area (Å²) >= 11 is 3.53. The van der Waals surface area contributed by atoms with E-state index in [4.69, 9.17) is 0 Å². The van der Waals surface area contributed by atoms with Gasteiger partial charge in [0, 0.05) is 47.3 Å². The van der Waals surface area contributed by atoms with Crippen molar-refractivity contribution in [2.24, 2.45) is 0 Å². The number of carbonyl (C=O) groups is 1. The Balaban J connectivity index is 1.19. The lowest BCUT2D eigenvalue weighted by Gasteiger charge is -2.26. The highest BCUT2D eigenvalue weighted by Gasteiger charge is 2.21. The number of nitrogens with one attached hydrogen (secondary N) is 2. The van der Waals surface area contributed by atoms with Gasteiger partial charge in [-0.1, -0.05) is 40.2 Å². The summed E-state index contributed by atoms with van der Waals surface area (Å²) < 4.78 is 24.4. The van der Waals surface area contributed by atoms with Gasteiger partial charge in [0.2, 0.25) is 0 Å². The number of anilines is 1. The van der Waals surface area contributed by atoms with Gasteiger partial charge < -0.3 is 5.32 Å². The van der Waals surface area contributed by atoms with Crippen molar-refractivity contribution in [3.8, 4) is 11.4 Å². The molecule has 0 atom stereocenters. The molecule has 2 heterocycles. The molecule has 5 rings (SSSR count). The van der Waals surface area contributed by atoms with Gasteiger partial charge in [-0.05, 0) is 66.1 Å². The average Bonchev–Trinajstić information content (AvgIpc) is 3.36. The summed E-state index contributed by atoms with van der Waals surface area (Å²) in [6, 6.07) is 21.1. The van der Waals surface area contributed by atoms with E-state index in [0.29, 0.717) is 43.1 Å². The van der Waals surface area contributed by atoms with Crippen LogP contribution in [0.5, 0.6) is 0 Å².